The van der Waals surface area contributed by atoms with Crippen LogP contribution in [0.5, 0.6) is 0 Å². The van der Waals surface area contributed by atoms with Crippen molar-refractivity contribution in [2.24, 2.45) is 0 Å². The van der Waals surface area contributed by atoms with Crippen LogP contribution in [0.2, 0.25) is 0 Å². The Bertz CT molecular complexity index is 506. The number of nitrogens with zero attached hydrogens (tertiary/aromatic N) is 2. The Morgan fingerprint density at radius 1 is 1.53 bits per heavy atom. The fraction of sp³-hybridized carbons (Fsp3) is 0.500. The van der Waals surface area contributed by atoms with Crippen LogP contribution in [0.3, 0.4) is 0 Å². The van der Waals surface area contributed by atoms with Gasteiger partial charge in [0.2, 0.25) is 10.0 Å². The third kappa shape index (κ3) is 2.67. The second-order valence-electron chi connectivity index (χ2n) is 3.85. The van der Waals surface area contributed by atoms with Gasteiger partial charge >= 0.3 is 0 Å². The minimum absolute atomic E-state index is 0.00936. The lowest BCUT2D eigenvalue weighted by Gasteiger charge is -2.16. The molecule has 0 radical (unpaired) electrons. The number of hydrogen-bond donors (Lipinski definition) is 0. The van der Waals surface area contributed by atoms with Crippen molar-refractivity contribution >= 4 is 26.0 Å². The SMILES string of the molecule is COC1CCN(S(=O)(=O)c2cncc(Br)c2)C1. The van der Waals surface area contributed by atoms with Gasteiger partial charge in [-0.15, -0.1) is 0 Å². The number of pyridine rings is 1. The van der Waals surface area contributed by atoms with Crippen LogP contribution in [0.4, 0.5) is 0 Å². The number of rotatable bonds is 3. The summed E-state index contributed by atoms with van der Waals surface area (Å²) >= 11 is 3.22. The van der Waals surface area contributed by atoms with Gasteiger partial charge in [0.1, 0.15) is 4.90 Å². The van der Waals surface area contributed by atoms with Crippen molar-refractivity contribution < 1.29 is 13.2 Å². The molecule has 1 aliphatic rings. The average molecular weight is 321 g/mol. The molecule has 1 aromatic rings. The molecule has 0 amide bonds. The Morgan fingerprint density at radius 3 is 2.88 bits per heavy atom. The maximum atomic E-state index is 12.3. The van der Waals surface area contributed by atoms with E-state index in [9.17, 15) is 8.42 Å². The van der Waals surface area contributed by atoms with E-state index in [4.69, 9.17) is 4.74 Å². The van der Waals surface area contributed by atoms with Crippen LogP contribution in [0.15, 0.2) is 27.8 Å². The molecule has 1 atom stereocenters. The van der Waals surface area contributed by atoms with E-state index in [1.54, 1.807) is 19.4 Å². The zero-order valence-corrected chi connectivity index (χ0v) is 11.7. The fourth-order valence-corrected chi connectivity index (χ4v) is 3.78. The summed E-state index contributed by atoms with van der Waals surface area (Å²) in [5, 5.41) is 0. The highest BCUT2D eigenvalue weighted by Crippen LogP contribution is 2.23. The highest BCUT2D eigenvalue weighted by Gasteiger charge is 2.32. The van der Waals surface area contributed by atoms with Gasteiger partial charge in [0.05, 0.1) is 6.10 Å². The summed E-state index contributed by atoms with van der Waals surface area (Å²) in [6.07, 6.45) is 3.64. The molecule has 1 fully saturated rings. The molecule has 5 nitrogen and oxygen atoms in total. The summed E-state index contributed by atoms with van der Waals surface area (Å²) in [7, 11) is -1.84. The molecule has 94 valence electrons. The summed E-state index contributed by atoms with van der Waals surface area (Å²) < 4.78 is 31.8. The van der Waals surface area contributed by atoms with Crippen molar-refractivity contribution in [3.05, 3.63) is 22.9 Å². The number of aromatic nitrogens is 1. The highest BCUT2D eigenvalue weighted by molar-refractivity contribution is 9.10. The van der Waals surface area contributed by atoms with Crippen LogP contribution in [-0.2, 0) is 14.8 Å². The first kappa shape index (κ1) is 12.9. The lowest BCUT2D eigenvalue weighted by atomic mass is 10.3. The second-order valence-corrected chi connectivity index (χ2v) is 6.70. The summed E-state index contributed by atoms with van der Waals surface area (Å²) in [5.41, 5.74) is 0. The molecule has 1 unspecified atom stereocenters. The van der Waals surface area contributed by atoms with Gasteiger partial charge in [0, 0.05) is 37.1 Å². The van der Waals surface area contributed by atoms with Crippen LogP contribution in [0.25, 0.3) is 0 Å². The van der Waals surface area contributed by atoms with Gasteiger partial charge in [-0.1, -0.05) is 0 Å². The predicted octanol–water partition coefficient (Wildman–Crippen LogP) is 1.25. The maximum Gasteiger partial charge on any atom is 0.244 e. The van der Waals surface area contributed by atoms with E-state index >= 15 is 0 Å². The highest BCUT2D eigenvalue weighted by atomic mass is 79.9. The third-order valence-electron chi connectivity index (χ3n) is 2.76. The van der Waals surface area contributed by atoms with Crippen LogP contribution in [0, 0.1) is 0 Å². The monoisotopic (exact) mass is 320 g/mol. The van der Waals surface area contributed by atoms with E-state index in [2.05, 4.69) is 20.9 Å². The van der Waals surface area contributed by atoms with Crippen LogP contribution < -0.4 is 0 Å². The summed E-state index contributed by atoms with van der Waals surface area (Å²) in [6.45, 7) is 0.901. The molecule has 0 N–H and O–H groups in total. The Hall–Kier alpha value is -0.500. The van der Waals surface area contributed by atoms with Crippen molar-refractivity contribution in [3.8, 4) is 0 Å². The van der Waals surface area contributed by atoms with Crippen LogP contribution >= 0.6 is 15.9 Å². The maximum absolute atomic E-state index is 12.3. The summed E-state index contributed by atoms with van der Waals surface area (Å²) in [6, 6.07) is 1.56. The lowest BCUT2D eigenvalue weighted by Crippen LogP contribution is -2.30. The van der Waals surface area contributed by atoms with E-state index < -0.39 is 10.0 Å². The molecule has 0 aromatic carbocycles. The van der Waals surface area contributed by atoms with Gasteiger partial charge in [0.25, 0.3) is 0 Å². The molecular formula is C10H13BrN2O3S. The van der Waals surface area contributed by atoms with Crippen molar-refractivity contribution in [1.82, 2.24) is 9.29 Å². The van der Waals surface area contributed by atoms with Crippen LogP contribution in [0.1, 0.15) is 6.42 Å². The van der Waals surface area contributed by atoms with Crippen molar-refractivity contribution in [1.29, 1.82) is 0 Å². The van der Waals surface area contributed by atoms with Crippen molar-refractivity contribution in [2.75, 3.05) is 20.2 Å². The van der Waals surface area contributed by atoms with Gasteiger partial charge < -0.3 is 4.74 Å². The second kappa shape index (κ2) is 5.01. The van der Waals surface area contributed by atoms with Gasteiger partial charge in [-0.2, -0.15) is 4.31 Å². The number of hydrogen-bond acceptors (Lipinski definition) is 4. The Labute approximate surface area is 109 Å². The van der Waals surface area contributed by atoms with E-state index in [0.29, 0.717) is 17.6 Å². The smallest absolute Gasteiger partial charge is 0.244 e. The summed E-state index contributed by atoms with van der Waals surface area (Å²) in [5.74, 6) is 0. The van der Waals surface area contributed by atoms with Gasteiger partial charge in [0.15, 0.2) is 0 Å². The molecule has 1 saturated heterocycles. The Morgan fingerprint density at radius 2 is 2.29 bits per heavy atom. The minimum Gasteiger partial charge on any atom is -0.380 e. The number of methoxy groups -OCH3 is 1. The van der Waals surface area contributed by atoms with E-state index in [1.807, 2.05) is 0 Å². The molecule has 17 heavy (non-hydrogen) atoms. The summed E-state index contributed by atoms with van der Waals surface area (Å²) in [4.78, 5) is 4.09. The molecule has 2 rings (SSSR count). The van der Waals surface area contributed by atoms with Gasteiger partial charge in [-0.3, -0.25) is 4.98 Å². The third-order valence-corrected chi connectivity index (χ3v) is 5.02. The largest absolute Gasteiger partial charge is 0.380 e. The molecule has 2 heterocycles. The normalized spacial score (nSPS) is 21.9. The molecule has 0 bridgehead atoms. The Balaban J connectivity index is 2.25. The molecule has 0 spiro atoms. The van der Waals surface area contributed by atoms with E-state index in [1.165, 1.54) is 10.5 Å². The molecule has 1 aromatic heterocycles. The first-order chi connectivity index (χ1) is 8.04. The Kier molecular flexibility index (Phi) is 3.82. The van der Waals surface area contributed by atoms with E-state index in [-0.39, 0.29) is 11.0 Å². The van der Waals surface area contributed by atoms with Gasteiger partial charge in [-0.25, -0.2) is 8.42 Å². The zero-order valence-electron chi connectivity index (χ0n) is 9.34. The van der Waals surface area contributed by atoms with Crippen molar-refractivity contribution in [3.63, 3.8) is 0 Å². The molecule has 1 aliphatic heterocycles. The molecule has 0 saturated carbocycles. The zero-order chi connectivity index (χ0) is 12.5. The van der Waals surface area contributed by atoms with Crippen molar-refractivity contribution in [2.45, 2.75) is 17.4 Å². The first-order valence-electron chi connectivity index (χ1n) is 5.17. The molecule has 0 aliphatic carbocycles. The molecular weight excluding hydrogens is 308 g/mol. The van der Waals surface area contributed by atoms with Gasteiger partial charge in [-0.05, 0) is 28.4 Å². The predicted molar refractivity (Wildman–Crippen MR) is 66.1 cm³/mol. The number of halogens is 1. The topological polar surface area (TPSA) is 59.5 Å². The number of sulfonamides is 1. The molecule has 7 heteroatoms. The lowest BCUT2D eigenvalue weighted by molar-refractivity contribution is 0.115. The first-order valence-corrected chi connectivity index (χ1v) is 7.41. The standard InChI is InChI=1S/C10H13BrN2O3S/c1-16-9-2-3-13(7-9)17(14,15)10-4-8(11)5-12-6-10/h4-6,9H,2-3,7H2,1H3. The number of ether oxygens (including phenoxy) is 1. The fourth-order valence-electron chi connectivity index (χ4n) is 1.79. The minimum atomic E-state index is -3.44. The van der Waals surface area contributed by atoms with Crippen LogP contribution in [-0.4, -0.2) is 44.0 Å². The average Bonchev–Trinajstić information content (AvgIpc) is 2.78. The van der Waals surface area contributed by atoms with E-state index in [0.717, 1.165) is 6.42 Å². The quantitative estimate of drug-likeness (QED) is 0.841.